The maximum Gasteiger partial charge on any atom is 0.306 e. The van der Waals surface area contributed by atoms with Crippen LogP contribution in [0.15, 0.2) is 48.6 Å². The Kier molecular flexibility index (Phi) is 57.7. The van der Waals surface area contributed by atoms with Crippen molar-refractivity contribution in [2.75, 3.05) is 13.2 Å². The van der Waals surface area contributed by atoms with E-state index in [1.807, 2.05) is 0 Å². The molecule has 0 saturated heterocycles. The van der Waals surface area contributed by atoms with Crippen molar-refractivity contribution in [3.8, 4) is 0 Å². The highest BCUT2D eigenvalue weighted by Gasteiger charge is 2.19. The van der Waals surface area contributed by atoms with Gasteiger partial charge in [0, 0.05) is 19.3 Å². The second kappa shape index (κ2) is 59.9. The minimum Gasteiger partial charge on any atom is -0.462 e. The largest absolute Gasteiger partial charge is 0.462 e. The van der Waals surface area contributed by atoms with E-state index in [9.17, 15) is 14.4 Å². The lowest BCUT2D eigenvalue weighted by Gasteiger charge is -2.18. The molecule has 0 aromatic heterocycles. The van der Waals surface area contributed by atoms with Crippen LogP contribution in [0.1, 0.15) is 329 Å². The number of hydrogen-bond donors (Lipinski definition) is 0. The molecule has 0 radical (unpaired) electrons. The Morgan fingerprint density at radius 3 is 0.803 bits per heavy atom. The van der Waals surface area contributed by atoms with Crippen molar-refractivity contribution < 1.29 is 28.6 Å². The first-order chi connectivity index (χ1) is 35.0. The lowest BCUT2D eigenvalue weighted by molar-refractivity contribution is -0.167. The molecule has 6 heteroatoms. The van der Waals surface area contributed by atoms with E-state index in [0.717, 1.165) is 96.3 Å². The van der Waals surface area contributed by atoms with Gasteiger partial charge in [-0.15, -0.1) is 0 Å². The molecule has 0 aliphatic heterocycles. The maximum absolute atomic E-state index is 12.8. The van der Waals surface area contributed by atoms with Gasteiger partial charge in [-0.05, 0) is 83.5 Å². The number of rotatable bonds is 57. The molecule has 0 aromatic rings. The number of hydrogen-bond acceptors (Lipinski definition) is 6. The molecule has 1 atom stereocenters. The minimum atomic E-state index is -0.774. The van der Waals surface area contributed by atoms with Crippen LogP contribution in [0.25, 0.3) is 0 Å². The summed E-state index contributed by atoms with van der Waals surface area (Å²) in [5.74, 6) is -0.890. The Morgan fingerprint density at radius 1 is 0.282 bits per heavy atom. The second-order valence-electron chi connectivity index (χ2n) is 21.0. The van der Waals surface area contributed by atoms with Crippen molar-refractivity contribution in [1.82, 2.24) is 0 Å². The number of carbonyl (C=O) groups excluding carboxylic acids is 3. The van der Waals surface area contributed by atoms with Crippen LogP contribution in [0.3, 0.4) is 0 Å². The quantitative estimate of drug-likeness (QED) is 0.0261. The summed E-state index contributed by atoms with van der Waals surface area (Å²) in [6, 6.07) is 0. The van der Waals surface area contributed by atoms with Crippen LogP contribution in [0, 0.1) is 0 Å². The summed E-state index contributed by atoms with van der Waals surface area (Å²) in [5, 5.41) is 0. The monoisotopic (exact) mass is 995 g/mol. The van der Waals surface area contributed by atoms with Crippen molar-refractivity contribution in [3.05, 3.63) is 48.6 Å². The predicted molar refractivity (Wildman–Crippen MR) is 307 cm³/mol. The molecule has 0 saturated carbocycles. The zero-order valence-corrected chi connectivity index (χ0v) is 47.5. The van der Waals surface area contributed by atoms with Crippen LogP contribution >= 0.6 is 0 Å². The summed E-state index contributed by atoms with van der Waals surface area (Å²) < 4.78 is 16.7. The maximum atomic E-state index is 12.8. The Morgan fingerprint density at radius 2 is 0.507 bits per heavy atom. The van der Waals surface area contributed by atoms with E-state index >= 15 is 0 Å². The standard InChI is InChI=1S/C65H118O6/c1-4-7-10-13-15-17-19-21-23-24-25-26-27-28-29-30-31-32-33-34-35-36-37-38-39-40-42-43-45-47-49-52-55-58-64(67)70-61-62(60-69-63(66)57-54-51-12-9-6-3)71-65(68)59-56-53-50-48-46-44-41-22-20-18-16-14-11-8-5-2/h16,18-19,21-22,24-25,41,62H,4-15,17,20,23,26-40,42-61H2,1-3H3/b18-16-,21-19-,25-24-,41-22-. The normalized spacial score (nSPS) is 12.3. The topological polar surface area (TPSA) is 78.9 Å². The third-order valence-electron chi connectivity index (χ3n) is 13.8. The Hall–Kier alpha value is -2.63. The highest BCUT2D eigenvalue weighted by Crippen LogP contribution is 2.17. The van der Waals surface area contributed by atoms with Crippen LogP contribution in [0.5, 0.6) is 0 Å². The summed E-state index contributed by atoms with van der Waals surface area (Å²) in [5.41, 5.74) is 0. The van der Waals surface area contributed by atoms with E-state index in [2.05, 4.69) is 69.4 Å². The summed E-state index contributed by atoms with van der Waals surface area (Å²) >= 11 is 0. The lowest BCUT2D eigenvalue weighted by atomic mass is 10.0. The number of ether oxygens (including phenoxy) is 3. The van der Waals surface area contributed by atoms with E-state index in [1.165, 1.54) is 193 Å². The van der Waals surface area contributed by atoms with Crippen molar-refractivity contribution >= 4 is 17.9 Å². The number of allylic oxidation sites excluding steroid dienone is 8. The van der Waals surface area contributed by atoms with Gasteiger partial charge in [0.1, 0.15) is 13.2 Å². The van der Waals surface area contributed by atoms with Crippen LogP contribution in [0.4, 0.5) is 0 Å². The van der Waals surface area contributed by atoms with Crippen molar-refractivity contribution in [2.45, 2.75) is 335 Å². The SMILES string of the molecule is CCCCC/C=C\C/C=C\CCCCCCCC(=O)OC(COC(=O)CCCCCCC)COC(=O)CCCCCCCCCCCCCCCCCCCCCCC/C=C\C/C=C\CCCCCCC. The molecule has 1 unspecified atom stereocenters. The molecule has 0 bridgehead atoms. The van der Waals surface area contributed by atoms with Gasteiger partial charge in [0.15, 0.2) is 6.10 Å². The van der Waals surface area contributed by atoms with Crippen LogP contribution in [-0.2, 0) is 28.6 Å². The molecular formula is C65H118O6. The molecule has 414 valence electrons. The molecule has 0 heterocycles. The second-order valence-corrected chi connectivity index (χ2v) is 21.0. The highest BCUT2D eigenvalue weighted by molar-refractivity contribution is 5.71. The number of unbranched alkanes of at least 4 members (excludes halogenated alkanes) is 38. The first-order valence-electron chi connectivity index (χ1n) is 31.1. The number of carbonyl (C=O) groups is 3. The van der Waals surface area contributed by atoms with Crippen LogP contribution < -0.4 is 0 Å². The molecule has 0 aromatic carbocycles. The molecule has 6 nitrogen and oxygen atoms in total. The Balaban J connectivity index is 3.90. The minimum absolute atomic E-state index is 0.0756. The summed E-state index contributed by atoms with van der Waals surface area (Å²) in [4.78, 5) is 37.8. The van der Waals surface area contributed by atoms with E-state index < -0.39 is 6.10 Å². The van der Waals surface area contributed by atoms with Gasteiger partial charge >= 0.3 is 17.9 Å². The lowest BCUT2D eigenvalue weighted by Crippen LogP contribution is -2.30. The molecule has 0 aliphatic rings. The molecule has 0 rings (SSSR count). The zero-order chi connectivity index (χ0) is 51.4. The Labute approximate surface area is 441 Å². The van der Waals surface area contributed by atoms with Crippen molar-refractivity contribution in [2.24, 2.45) is 0 Å². The van der Waals surface area contributed by atoms with Gasteiger partial charge in [-0.25, -0.2) is 0 Å². The van der Waals surface area contributed by atoms with Gasteiger partial charge in [-0.3, -0.25) is 14.4 Å². The molecule has 71 heavy (non-hydrogen) atoms. The van der Waals surface area contributed by atoms with Crippen LogP contribution in [-0.4, -0.2) is 37.2 Å². The fourth-order valence-corrected chi connectivity index (χ4v) is 9.09. The third-order valence-corrected chi connectivity index (χ3v) is 13.8. The van der Waals surface area contributed by atoms with Crippen molar-refractivity contribution in [1.29, 1.82) is 0 Å². The fourth-order valence-electron chi connectivity index (χ4n) is 9.09. The number of esters is 3. The third kappa shape index (κ3) is 58.1. The van der Waals surface area contributed by atoms with E-state index in [0.29, 0.717) is 19.3 Å². The first kappa shape index (κ1) is 68.4. The van der Waals surface area contributed by atoms with E-state index in [-0.39, 0.29) is 31.1 Å². The molecule has 0 aliphatic carbocycles. The first-order valence-corrected chi connectivity index (χ1v) is 31.1. The average Bonchev–Trinajstić information content (AvgIpc) is 3.37. The van der Waals surface area contributed by atoms with Gasteiger partial charge < -0.3 is 14.2 Å². The molecular weight excluding hydrogens is 877 g/mol. The summed E-state index contributed by atoms with van der Waals surface area (Å²) in [7, 11) is 0. The van der Waals surface area contributed by atoms with Gasteiger partial charge in [-0.2, -0.15) is 0 Å². The summed E-state index contributed by atoms with van der Waals surface area (Å²) in [6.45, 7) is 6.54. The Bertz CT molecular complexity index is 1230. The molecule has 0 amide bonds. The molecule has 0 fully saturated rings. The van der Waals surface area contributed by atoms with Gasteiger partial charge in [0.2, 0.25) is 0 Å². The molecule has 0 spiro atoms. The predicted octanol–water partition coefficient (Wildman–Crippen LogP) is 21.0. The smallest absolute Gasteiger partial charge is 0.306 e. The van der Waals surface area contributed by atoms with Crippen LogP contribution in [0.2, 0.25) is 0 Å². The van der Waals surface area contributed by atoms with Gasteiger partial charge in [0.25, 0.3) is 0 Å². The zero-order valence-electron chi connectivity index (χ0n) is 47.5. The van der Waals surface area contributed by atoms with Gasteiger partial charge in [-0.1, -0.05) is 275 Å². The van der Waals surface area contributed by atoms with Gasteiger partial charge in [0.05, 0.1) is 0 Å². The van der Waals surface area contributed by atoms with E-state index in [4.69, 9.17) is 14.2 Å². The highest BCUT2D eigenvalue weighted by atomic mass is 16.6. The fraction of sp³-hybridized carbons (Fsp3) is 0.831. The van der Waals surface area contributed by atoms with E-state index in [1.54, 1.807) is 0 Å². The summed E-state index contributed by atoms with van der Waals surface area (Å²) in [6.07, 6.45) is 74.7. The molecule has 0 N–H and O–H groups in total. The average molecular weight is 996 g/mol. The van der Waals surface area contributed by atoms with Crippen molar-refractivity contribution in [3.63, 3.8) is 0 Å².